The van der Waals surface area contributed by atoms with E-state index < -0.39 is 40.2 Å². The highest BCUT2D eigenvalue weighted by atomic mass is 35.5. The molecule has 0 aliphatic carbocycles. The van der Waals surface area contributed by atoms with E-state index in [0.29, 0.717) is 29.5 Å². The maximum Gasteiger partial charge on any atom is 0.264 e. The molecule has 0 fully saturated rings. The molecule has 12 heteroatoms. The number of likely N-dealkylation sites (N-methyl/N-ethyl adjacent to an activating group) is 1. The van der Waals surface area contributed by atoms with Gasteiger partial charge in [0.1, 0.15) is 31.6 Å². The van der Waals surface area contributed by atoms with Gasteiger partial charge in [-0.1, -0.05) is 60.1 Å². The number of nitrogens with zero attached hydrogens (tertiary/aromatic N) is 2. The standard InChI is InChI=1S/C34H33ClFN3O6S/c1-2-37-34(41)30(20-24-8-4-3-5-9-24)38(22-25-10-6-7-11-29(25)35)33(40)23-39(27-14-12-26(36)13-15-27)46(42,43)28-16-17-31-32(21-28)45-19-18-44-31/h3-17,21,30H,2,18-20,22-23H2,1H3,(H,37,41). The Morgan fingerprint density at radius 2 is 1.59 bits per heavy atom. The van der Waals surface area contributed by atoms with E-state index in [2.05, 4.69) is 5.32 Å². The molecule has 1 N–H and O–H groups in total. The average molecular weight is 666 g/mol. The fourth-order valence-corrected chi connectivity index (χ4v) is 6.73. The van der Waals surface area contributed by atoms with E-state index >= 15 is 0 Å². The van der Waals surface area contributed by atoms with Gasteiger partial charge in [0.05, 0.1) is 10.6 Å². The lowest BCUT2D eigenvalue weighted by atomic mass is 10.0. The summed E-state index contributed by atoms with van der Waals surface area (Å²) in [5.41, 5.74) is 1.43. The number of hydrogen-bond donors (Lipinski definition) is 1. The third kappa shape index (κ3) is 7.60. The smallest absolute Gasteiger partial charge is 0.264 e. The number of sulfonamides is 1. The Morgan fingerprint density at radius 3 is 2.28 bits per heavy atom. The van der Waals surface area contributed by atoms with Gasteiger partial charge in [-0.3, -0.25) is 13.9 Å². The maximum absolute atomic E-state index is 14.4. The molecule has 0 aromatic heterocycles. The second-order valence-corrected chi connectivity index (χ2v) is 12.8. The molecule has 4 aromatic rings. The van der Waals surface area contributed by atoms with Gasteiger partial charge < -0.3 is 19.7 Å². The molecule has 5 rings (SSSR count). The zero-order valence-electron chi connectivity index (χ0n) is 25.1. The zero-order valence-corrected chi connectivity index (χ0v) is 26.6. The third-order valence-electron chi connectivity index (χ3n) is 7.42. The molecule has 1 unspecified atom stereocenters. The molecule has 240 valence electrons. The van der Waals surface area contributed by atoms with E-state index in [9.17, 15) is 22.4 Å². The molecule has 0 radical (unpaired) electrons. The quantitative estimate of drug-likeness (QED) is 0.223. The minimum Gasteiger partial charge on any atom is -0.486 e. The number of rotatable bonds is 12. The fraction of sp³-hybridized carbons (Fsp3) is 0.235. The third-order valence-corrected chi connectivity index (χ3v) is 9.55. The van der Waals surface area contributed by atoms with Crippen molar-refractivity contribution in [1.29, 1.82) is 0 Å². The number of carbonyl (C=O) groups is 2. The molecule has 4 aromatic carbocycles. The minimum atomic E-state index is -4.42. The molecule has 0 saturated carbocycles. The zero-order chi connectivity index (χ0) is 32.7. The van der Waals surface area contributed by atoms with Crippen LogP contribution in [0.1, 0.15) is 18.1 Å². The van der Waals surface area contributed by atoms with Crippen molar-refractivity contribution in [3.8, 4) is 11.5 Å². The molecule has 1 aliphatic heterocycles. The van der Waals surface area contributed by atoms with Crippen LogP contribution in [0.5, 0.6) is 11.5 Å². The van der Waals surface area contributed by atoms with E-state index in [4.69, 9.17) is 21.1 Å². The predicted octanol–water partition coefficient (Wildman–Crippen LogP) is 5.22. The highest BCUT2D eigenvalue weighted by Gasteiger charge is 2.35. The number of amides is 2. The number of ether oxygens (including phenoxy) is 2. The molecule has 0 bridgehead atoms. The minimum absolute atomic E-state index is 0.0555. The molecule has 9 nitrogen and oxygen atoms in total. The lowest BCUT2D eigenvalue weighted by Crippen LogP contribution is -2.53. The largest absolute Gasteiger partial charge is 0.486 e. The van der Waals surface area contributed by atoms with Gasteiger partial charge >= 0.3 is 0 Å². The van der Waals surface area contributed by atoms with Crippen molar-refractivity contribution in [2.75, 3.05) is 30.6 Å². The molecule has 0 saturated heterocycles. The second kappa shape index (κ2) is 14.7. The summed E-state index contributed by atoms with van der Waals surface area (Å²) in [5.74, 6) is -1.01. The van der Waals surface area contributed by atoms with Gasteiger partial charge in [0.25, 0.3) is 10.0 Å². The van der Waals surface area contributed by atoms with Gasteiger partial charge in [-0.15, -0.1) is 0 Å². The first kappa shape index (κ1) is 32.8. The summed E-state index contributed by atoms with van der Waals surface area (Å²) >= 11 is 6.50. The normalized spacial score (nSPS) is 13.0. The number of halogens is 2. The molecule has 0 spiro atoms. The van der Waals surface area contributed by atoms with Gasteiger partial charge in [0, 0.05) is 30.6 Å². The van der Waals surface area contributed by atoms with Crippen molar-refractivity contribution < 1.29 is 31.9 Å². The van der Waals surface area contributed by atoms with Crippen LogP contribution in [0.3, 0.4) is 0 Å². The van der Waals surface area contributed by atoms with Crippen molar-refractivity contribution >= 4 is 39.1 Å². The Labute approximate surface area is 272 Å². The molecular formula is C34H33ClFN3O6S. The topological polar surface area (TPSA) is 105 Å². The van der Waals surface area contributed by atoms with Crippen LogP contribution < -0.4 is 19.1 Å². The highest BCUT2D eigenvalue weighted by Crippen LogP contribution is 2.34. The lowest BCUT2D eigenvalue weighted by molar-refractivity contribution is -0.140. The van der Waals surface area contributed by atoms with Gasteiger partial charge in [-0.25, -0.2) is 12.8 Å². The summed E-state index contributed by atoms with van der Waals surface area (Å²) in [5, 5.41) is 3.20. The summed E-state index contributed by atoms with van der Waals surface area (Å²) in [6, 6.07) is 24.1. The van der Waals surface area contributed by atoms with Crippen LogP contribution in [0, 0.1) is 5.82 Å². The van der Waals surface area contributed by atoms with E-state index in [-0.39, 0.29) is 35.9 Å². The van der Waals surface area contributed by atoms with Crippen LogP contribution in [0.25, 0.3) is 0 Å². The van der Waals surface area contributed by atoms with Crippen LogP contribution in [0.15, 0.2) is 102 Å². The number of anilines is 1. The summed E-state index contributed by atoms with van der Waals surface area (Å²) in [7, 11) is -4.42. The summed E-state index contributed by atoms with van der Waals surface area (Å²) in [4.78, 5) is 29.2. The Bertz CT molecular complexity index is 1790. The van der Waals surface area contributed by atoms with Crippen LogP contribution in [0.2, 0.25) is 5.02 Å². The first-order valence-corrected chi connectivity index (χ1v) is 16.5. The van der Waals surface area contributed by atoms with Crippen LogP contribution in [-0.4, -0.2) is 57.5 Å². The van der Waals surface area contributed by atoms with Gasteiger partial charge in [0.15, 0.2) is 11.5 Å². The van der Waals surface area contributed by atoms with Crippen molar-refractivity contribution in [1.82, 2.24) is 10.2 Å². The molecule has 1 aliphatic rings. The van der Waals surface area contributed by atoms with E-state index in [0.717, 1.165) is 22.0 Å². The van der Waals surface area contributed by atoms with Gasteiger partial charge in [-0.2, -0.15) is 0 Å². The first-order valence-electron chi connectivity index (χ1n) is 14.7. The van der Waals surface area contributed by atoms with Crippen LogP contribution in [0.4, 0.5) is 10.1 Å². The lowest BCUT2D eigenvalue weighted by Gasteiger charge is -2.34. The predicted molar refractivity (Wildman–Crippen MR) is 173 cm³/mol. The molecule has 2 amide bonds. The Balaban J connectivity index is 1.57. The summed E-state index contributed by atoms with van der Waals surface area (Å²) in [6.07, 6.45) is 0.161. The Kier molecular flexibility index (Phi) is 10.4. The SMILES string of the molecule is CCNC(=O)C(Cc1ccccc1)N(Cc1ccccc1Cl)C(=O)CN(c1ccc(F)cc1)S(=O)(=O)c1ccc2c(c1)OCCO2. The first-order chi connectivity index (χ1) is 22.2. The van der Waals surface area contributed by atoms with Crippen molar-refractivity contribution in [2.45, 2.75) is 30.8 Å². The summed E-state index contributed by atoms with van der Waals surface area (Å²) in [6.45, 7) is 1.89. The summed E-state index contributed by atoms with van der Waals surface area (Å²) < 4.78 is 54.5. The van der Waals surface area contributed by atoms with Crippen molar-refractivity contribution in [3.05, 3.63) is 119 Å². The van der Waals surface area contributed by atoms with Gasteiger partial charge in [-0.05, 0) is 60.5 Å². The monoisotopic (exact) mass is 665 g/mol. The Morgan fingerprint density at radius 1 is 0.913 bits per heavy atom. The fourth-order valence-electron chi connectivity index (χ4n) is 5.10. The molecule has 1 atom stereocenters. The van der Waals surface area contributed by atoms with E-state index in [1.54, 1.807) is 31.2 Å². The van der Waals surface area contributed by atoms with E-state index in [1.807, 2.05) is 30.3 Å². The molecule has 1 heterocycles. The van der Waals surface area contributed by atoms with Crippen molar-refractivity contribution in [2.24, 2.45) is 0 Å². The molecule has 46 heavy (non-hydrogen) atoms. The number of carbonyl (C=O) groups excluding carboxylic acids is 2. The second-order valence-electron chi connectivity index (χ2n) is 10.5. The number of nitrogens with one attached hydrogen (secondary N) is 1. The molecular weight excluding hydrogens is 633 g/mol. The van der Waals surface area contributed by atoms with Crippen LogP contribution in [-0.2, 0) is 32.6 Å². The Hall–Kier alpha value is -4.61. The number of benzene rings is 4. The number of hydrogen-bond acceptors (Lipinski definition) is 6. The highest BCUT2D eigenvalue weighted by molar-refractivity contribution is 7.92. The average Bonchev–Trinajstić information content (AvgIpc) is 3.06. The van der Waals surface area contributed by atoms with Crippen molar-refractivity contribution in [3.63, 3.8) is 0 Å². The van der Waals surface area contributed by atoms with Crippen LogP contribution >= 0.6 is 11.6 Å². The number of fused-ring (bicyclic) bond motifs is 1. The van der Waals surface area contributed by atoms with E-state index in [1.165, 1.54) is 35.2 Å². The van der Waals surface area contributed by atoms with Gasteiger partial charge in [0.2, 0.25) is 11.8 Å². The maximum atomic E-state index is 14.4.